The van der Waals surface area contributed by atoms with Gasteiger partial charge in [0.2, 0.25) is 5.91 Å². The second kappa shape index (κ2) is 8.02. The average molecular weight is 400 g/mol. The van der Waals surface area contributed by atoms with Gasteiger partial charge in [-0.3, -0.25) is 9.59 Å². The lowest BCUT2D eigenvalue weighted by atomic mass is 9.93. The molecular weight excluding hydrogens is 378 g/mol. The van der Waals surface area contributed by atoms with E-state index in [9.17, 15) is 14.4 Å². The zero-order chi connectivity index (χ0) is 20.3. The Morgan fingerprint density at radius 3 is 2.57 bits per heavy atom. The highest BCUT2D eigenvalue weighted by molar-refractivity contribution is 6.30. The van der Waals surface area contributed by atoms with E-state index in [1.54, 1.807) is 31.2 Å². The Labute approximate surface area is 168 Å². The van der Waals surface area contributed by atoms with Gasteiger partial charge >= 0.3 is 6.03 Å². The van der Waals surface area contributed by atoms with Crippen molar-refractivity contribution >= 4 is 35.1 Å². The molecule has 0 aromatic heterocycles. The maximum atomic E-state index is 13.0. The van der Waals surface area contributed by atoms with E-state index in [2.05, 4.69) is 10.6 Å². The van der Waals surface area contributed by atoms with Crippen LogP contribution in [-0.4, -0.2) is 34.3 Å². The van der Waals surface area contributed by atoms with Crippen LogP contribution in [0.1, 0.15) is 25.8 Å². The third kappa shape index (κ3) is 4.17. The molecule has 7 heteroatoms. The van der Waals surface area contributed by atoms with E-state index in [1.807, 2.05) is 30.3 Å². The average Bonchev–Trinajstić information content (AvgIpc) is 2.89. The molecule has 1 fully saturated rings. The Bertz CT molecular complexity index is 903. The lowest BCUT2D eigenvalue weighted by Crippen LogP contribution is -2.48. The third-order valence-corrected chi connectivity index (χ3v) is 5.14. The summed E-state index contributed by atoms with van der Waals surface area (Å²) in [5.41, 5.74) is 0.538. The van der Waals surface area contributed by atoms with Gasteiger partial charge in [0.15, 0.2) is 0 Å². The largest absolute Gasteiger partial charge is 0.325 e. The topological polar surface area (TPSA) is 78.5 Å². The number of nitrogens with one attached hydrogen (secondary N) is 2. The summed E-state index contributed by atoms with van der Waals surface area (Å²) in [6.07, 6.45) is 1.08. The first-order valence-electron chi connectivity index (χ1n) is 9.06. The summed E-state index contributed by atoms with van der Waals surface area (Å²) in [7, 11) is 0. The predicted molar refractivity (Wildman–Crippen MR) is 108 cm³/mol. The molecule has 4 amide bonds. The number of nitrogens with zero attached hydrogens (tertiary/aromatic N) is 1. The minimum atomic E-state index is -1.04. The number of aryl methyl sites for hydroxylation is 1. The number of halogens is 1. The van der Waals surface area contributed by atoms with E-state index in [0.717, 1.165) is 10.5 Å². The summed E-state index contributed by atoms with van der Waals surface area (Å²) in [6, 6.07) is 14.9. The van der Waals surface area contributed by atoms with Gasteiger partial charge in [-0.2, -0.15) is 0 Å². The van der Waals surface area contributed by atoms with Gasteiger partial charge in [-0.05, 0) is 50.5 Å². The Kier molecular flexibility index (Phi) is 5.70. The van der Waals surface area contributed by atoms with Crippen molar-refractivity contribution in [3.63, 3.8) is 0 Å². The number of benzene rings is 2. The van der Waals surface area contributed by atoms with Crippen LogP contribution in [0.2, 0.25) is 5.02 Å². The van der Waals surface area contributed by atoms with Crippen molar-refractivity contribution < 1.29 is 14.4 Å². The molecule has 0 aliphatic carbocycles. The Morgan fingerprint density at radius 1 is 1.18 bits per heavy atom. The molecule has 1 aliphatic heterocycles. The van der Waals surface area contributed by atoms with Gasteiger partial charge in [-0.25, -0.2) is 9.69 Å². The number of carbonyl (C=O) groups is 3. The zero-order valence-electron chi connectivity index (χ0n) is 15.7. The molecule has 2 atom stereocenters. The summed E-state index contributed by atoms with van der Waals surface area (Å²) >= 11 is 5.92. The summed E-state index contributed by atoms with van der Waals surface area (Å²) in [5, 5.41) is 5.91. The van der Waals surface area contributed by atoms with Crippen molar-refractivity contribution in [3.05, 3.63) is 65.2 Å². The molecule has 0 bridgehead atoms. The summed E-state index contributed by atoms with van der Waals surface area (Å²) in [5.74, 6) is -0.861. The number of hydrogen-bond donors (Lipinski definition) is 2. The van der Waals surface area contributed by atoms with Crippen molar-refractivity contribution in [1.29, 1.82) is 0 Å². The fourth-order valence-electron chi connectivity index (χ4n) is 3.20. The third-order valence-electron chi connectivity index (χ3n) is 4.91. The van der Waals surface area contributed by atoms with Gasteiger partial charge in [0.25, 0.3) is 5.91 Å². The molecule has 1 aliphatic rings. The van der Waals surface area contributed by atoms with E-state index >= 15 is 0 Å². The lowest BCUT2D eigenvalue weighted by molar-refractivity contribution is -0.136. The number of anilines is 1. The summed E-state index contributed by atoms with van der Waals surface area (Å²) in [4.78, 5) is 39.0. The predicted octanol–water partition coefficient (Wildman–Crippen LogP) is 3.61. The van der Waals surface area contributed by atoms with Crippen LogP contribution in [0.25, 0.3) is 0 Å². The standard InChI is InChI=1S/C21H22ClN3O3/c1-14(18(26)23-17-10-6-9-16(22)13-17)25-19(27)21(2,24-20(25)28)12-11-15-7-4-3-5-8-15/h3-10,13-14H,11-12H2,1-2H3,(H,23,26)(H,24,28)/t14-,21-/m1/s1. The number of hydrogen-bond acceptors (Lipinski definition) is 3. The van der Waals surface area contributed by atoms with Gasteiger partial charge < -0.3 is 10.6 Å². The van der Waals surface area contributed by atoms with Crippen LogP contribution in [0.4, 0.5) is 10.5 Å². The van der Waals surface area contributed by atoms with Crippen molar-refractivity contribution in [2.75, 3.05) is 5.32 Å². The molecule has 0 spiro atoms. The number of rotatable bonds is 6. The molecule has 3 rings (SSSR count). The number of amides is 4. The fraction of sp³-hybridized carbons (Fsp3) is 0.286. The van der Waals surface area contributed by atoms with Crippen molar-refractivity contribution in [1.82, 2.24) is 10.2 Å². The molecule has 1 saturated heterocycles. The molecule has 0 saturated carbocycles. The molecule has 0 unspecified atom stereocenters. The molecule has 6 nitrogen and oxygen atoms in total. The molecular formula is C21H22ClN3O3. The number of carbonyl (C=O) groups excluding carboxylic acids is 3. The van der Waals surface area contributed by atoms with Crippen LogP contribution < -0.4 is 10.6 Å². The molecule has 0 radical (unpaired) electrons. The molecule has 2 N–H and O–H groups in total. The van der Waals surface area contributed by atoms with Crippen LogP contribution in [0.5, 0.6) is 0 Å². The SMILES string of the molecule is C[C@H](C(=O)Nc1cccc(Cl)c1)N1C(=O)N[C@](C)(CCc2ccccc2)C1=O. The van der Waals surface area contributed by atoms with Crippen LogP contribution >= 0.6 is 11.6 Å². The number of urea groups is 1. The minimum absolute atomic E-state index is 0.401. The van der Waals surface area contributed by atoms with E-state index in [0.29, 0.717) is 23.6 Å². The highest BCUT2D eigenvalue weighted by Crippen LogP contribution is 2.25. The lowest BCUT2D eigenvalue weighted by Gasteiger charge is -2.24. The van der Waals surface area contributed by atoms with E-state index in [1.165, 1.54) is 6.92 Å². The Balaban J connectivity index is 1.68. The second-order valence-electron chi connectivity index (χ2n) is 7.10. The Morgan fingerprint density at radius 2 is 1.89 bits per heavy atom. The summed E-state index contributed by atoms with van der Waals surface area (Å²) in [6.45, 7) is 3.22. The van der Waals surface area contributed by atoms with E-state index in [4.69, 9.17) is 11.6 Å². The number of imide groups is 1. The van der Waals surface area contributed by atoms with Crippen molar-refractivity contribution in [2.24, 2.45) is 0 Å². The van der Waals surface area contributed by atoms with Crippen LogP contribution in [0.15, 0.2) is 54.6 Å². The van der Waals surface area contributed by atoms with E-state index < -0.39 is 29.4 Å². The maximum Gasteiger partial charge on any atom is 0.325 e. The second-order valence-corrected chi connectivity index (χ2v) is 7.54. The first kappa shape index (κ1) is 19.9. The molecule has 1 heterocycles. The van der Waals surface area contributed by atoms with Crippen LogP contribution in [-0.2, 0) is 16.0 Å². The molecule has 28 heavy (non-hydrogen) atoms. The normalized spacial score (nSPS) is 20.0. The van der Waals surface area contributed by atoms with Crippen molar-refractivity contribution in [2.45, 2.75) is 38.3 Å². The maximum absolute atomic E-state index is 13.0. The van der Waals surface area contributed by atoms with Crippen LogP contribution in [0, 0.1) is 0 Å². The van der Waals surface area contributed by atoms with Gasteiger partial charge in [0, 0.05) is 10.7 Å². The first-order chi connectivity index (χ1) is 13.3. The monoisotopic (exact) mass is 399 g/mol. The van der Waals surface area contributed by atoms with Crippen LogP contribution in [0.3, 0.4) is 0 Å². The smallest absolute Gasteiger partial charge is 0.324 e. The highest BCUT2D eigenvalue weighted by Gasteiger charge is 2.50. The molecule has 146 valence electrons. The van der Waals surface area contributed by atoms with Gasteiger partial charge in [0.1, 0.15) is 11.6 Å². The van der Waals surface area contributed by atoms with Crippen molar-refractivity contribution in [3.8, 4) is 0 Å². The van der Waals surface area contributed by atoms with Gasteiger partial charge in [-0.15, -0.1) is 0 Å². The summed E-state index contributed by atoms with van der Waals surface area (Å²) < 4.78 is 0. The minimum Gasteiger partial charge on any atom is -0.324 e. The quantitative estimate of drug-likeness (QED) is 0.728. The first-order valence-corrected chi connectivity index (χ1v) is 9.44. The van der Waals surface area contributed by atoms with E-state index in [-0.39, 0.29) is 0 Å². The van der Waals surface area contributed by atoms with Gasteiger partial charge in [0.05, 0.1) is 0 Å². The molecule has 2 aromatic rings. The zero-order valence-corrected chi connectivity index (χ0v) is 16.5. The fourth-order valence-corrected chi connectivity index (χ4v) is 3.39. The van der Waals surface area contributed by atoms with Gasteiger partial charge in [-0.1, -0.05) is 48.0 Å². The highest BCUT2D eigenvalue weighted by atomic mass is 35.5. The molecule has 2 aromatic carbocycles. The Hall–Kier alpha value is -2.86.